The van der Waals surface area contributed by atoms with Gasteiger partial charge in [0.1, 0.15) is 12.0 Å². The maximum atomic E-state index is 11.4. The summed E-state index contributed by atoms with van der Waals surface area (Å²) >= 11 is 0. The number of aliphatic hydroxyl groups excluding tert-OH is 1. The molecule has 0 spiro atoms. The highest BCUT2D eigenvalue weighted by atomic mass is 16.3. The molecule has 104 valence electrons. The minimum atomic E-state index is -0.637. The largest absolute Gasteiger partial charge is 0.395 e. The van der Waals surface area contributed by atoms with E-state index in [4.69, 9.17) is 11.5 Å². The Bertz CT molecular complexity index is 717. The first-order valence-electron chi connectivity index (χ1n) is 6.39. The van der Waals surface area contributed by atoms with Gasteiger partial charge >= 0.3 is 0 Å². The van der Waals surface area contributed by atoms with Gasteiger partial charge in [0.2, 0.25) is 5.91 Å². The third kappa shape index (κ3) is 1.77. The number of hydrogen-bond acceptors (Lipinski definition) is 4. The van der Waals surface area contributed by atoms with Crippen LogP contribution in [0.15, 0.2) is 29.8 Å². The highest BCUT2D eigenvalue weighted by molar-refractivity contribution is 6.05. The van der Waals surface area contributed by atoms with E-state index in [0.29, 0.717) is 12.1 Å². The number of rotatable bonds is 3. The van der Waals surface area contributed by atoms with E-state index in [1.54, 1.807) is 6.08 Å². The van der Waals surface area contributed by atoms with Crippen molar-refractivity contribution in [1.82, 2.24) is 4.57 Å². The first kappa shape index (κ1) is 12.7. The van der Waals surface area contributed by atoms with Crippen LogP contribution in [0.1, 0.15) is 5.56 Å². The zero-order chi connectivity index (χ0) is 14.3. The second kappa shape index (κ2) is 4.66. The molecule has 0 fully saturated rings. The number of carbonyl (C=O) groups is 1. The zero-order valence-corrected chi connectivity index (χ0v) is 10.8. The maximum Gasteiger partial charge on any atom is 0.248 e. The molecular formula is C14H16N4O2. The fourth-order valence-electron chi connectivity index (χ4n) is 2.66. The van der Waals surface area contributed by atoms with Crippen molar-refractivity contribution in [3.63, 3.8) is 0 Å². The van der Waals surface area contributed by atoms with E-state index in [1.165, 1.54) is 0 Å². The average molecular weight is 272 g/mol. The molecule has 1 atom stereocenters. The number of nitrogens with zero attached hydrogens (tertiary/aromatic N) is 1. The number of benzene rings is 1. The predicted molar refractivity (Wildman–Crippen MR) is 77.8 cm³/mol. The average Bonchev–Trinajstić information content (AvgIpc) is 2.72. The molecule has 0 bridgehead atoms. The van der Waals surface area contributed by atoms with Crippen LogP contribution in [0.2, 0.25) is 0 Å². The third-order valence-corrected chi connectivity index (χ3v) is 3.55. The maximum absolute atomic E-state index is 11.4. The predicted octanol–water partition coefficient (Wildman–Crippen LogP) is 0.213. The van der Waals surface area contributed by atoms with Crippen molar-refractivity contribution in [3.05, 3.63) is 35.4 Å². The van der Waals surface area contributed by atoms with Gasteiger partial charge in [-0.25, -0.2) is 0 Å². The Kier molecular flexibility index (Phi) is 2.96. The summed E-state index contributed by atoms with van der Waals surface area (Å²) in [6.45, 7) is 0.476. The summed E-state index contributed by atoms with van der Waals surface area (Å²) in [6.07, 6.45) is 1.09. The Morgan fingerprint density at radius 1 is 1.40 bits per heavy atom. The van der Waals surface area contributed by atoms with E-state index in [-0.39, 0.29) is 6.61 Å². The summed E-state index contributed by atoms with van der Waals surface area (Å²) in [7, 11) is 0. The standard InChI is InChI=1S/C14H16N4O2/c15-12-10(13(16)20)7-9-8-3-1-2-4-11(8)18(5-6-19)14(9)17-12/h1-4,7,12,17,19H,5-6,15H2,(H2,16,20). The number of hydrogen-bond donors (Lipinski definition) is 4. The Labute approximate surface area is 115 Å². The number of nitrogens with one attached hydrogen (secondary N) is 1. The minimum absolute atomic E-state index is 0.0222. The quantitative estimate of drug-likeness (QED) is 0.641. The number of amides is 1. The number of aromatic nitrogens is 1. The van der Waals surface area contributed by atoms with Crippen LogP contribution in [-0.2, 0) is 11.3 Å². The normalized spacial score (nSPS) is 17.5. The number of carbonyl (C=O) groups excluding carboxylic acids is 1. The van der Waals surface area contributed by atoms with Crippen LogP contribution < -0.4 is 16.8 Å². The molecule has 6 N–H and O–H groups in total. The highest BCUT2D eigenvalue weighted by Gasteiger charge is 2.26. The van der Waals surface area contributed by atoms with E-state index >= 15 is 0 Å². The Hall–Kier alpha value is -2.31. The molecule has 0 saturated heterocycles. The van der Waals surface area contributed by atoms with Gasteiger partial charge in [-0.2, -0.15) is 0 Å². The lowest BCUT2D eigenvalue weighted by Crippen LogP contribution is -2.39. The van der Waals surface area contributed by atoms with Crippen LogP contribution in [0.3, 0.4) is 0 Å². The first-order chi connectivity index (χ1) is 9.63. The van der Waals surface area contributed by atoms with Crippen molar-refractivity contribution in [1.29, 1.82) is 0 Å². The molecular weight excluding hydrogens is 256 g/mol. The number of nitrogens with two attached hydrogens (primary N) is 2. The number of primary amides is 1. The Balaban J connectivity index is 2.29. The van der Waals surface area contributed by atoms with Crippen molar-refractivity contribution >= 4 is 28.7 Å². The second-order valence-electron chi connectivity index (χ2n) is 4.74. The fourth-order valence-corrected chi connectivity index (χ4v) is 2.66. The summed E-state index contributed by atoms with van der Waals surface area (Å²) < 4.78 is 1.96. The second-order valence-corrected chi connectivity index (χ2v) is 4.74. The van der Waals surface area contributed by atoms with E-state index in [1.807, 2.05) is 28.8 Å². The van der Waals surface area contributed by atoms with Crippen LogP contribution in [0.25, 0.3) is 17.0 Å². The monoisotopic (exact) mass is 272 g/mol. The first-order valence-corrected chi connectivity index (χ1v) is 6.39. The third-order valence-electron chi connectivity index (χ3n) is 3.55. The summed E-state index contributed by atoms with van der Waals surface area (Å²) in [4.78, 5) is 11.4. The molecule has 1 aliphatic heterocycles. The van der Waals surface area contributed by atoms with E-state index in [0.717, 1.165) is 22.3 Å². The minimum Gasteiger partial charge on any atom is -0.395 e. The molecule has 0 saturated carbocycles. The molecule has 6 heteroatoms. The van der Waals surface area contributed by atoms with Gasteiger partial charge in [0.25, 0.3) is 0 Å². The zero-order valence-electron chi connectivity index (χ0n) is 10.8. The summed E-state index contributed by atoms with van der Waals surface area (Å²) in [5.74, 6) is 0.271. The molecule has 0 aliphatic carbocycles. The molecule has 1 aromatic heterocycles. The van der Waals surface area contributed by atoms with Crippen molar-refractivity contribution in [2.24, 2.45) is 11.5 Å². The smallest absolute Gasteiger partial charge is 0.248 e. The van der Waals surface area contributed by atoms with Gasteiger partial charge in [-0.15, -0.1) is 0 Å². The lowest BCUT2D eigenvalue weighted by atomic mass is 10.0. The summed E-state index contributed by atoms with van der Waals surface area (Å²) in [6, 6.07) is 7.79. The molecule has 0 radical (unpaired) electrons. The van der Waals surface area contributed by atoms with E-state index in [2.05, 4.69) is 5.32 Å². The molecule has 1 aromatic carbocycles. The molecule has 1 amide bonds. The number of fused-ring (bicyclic) bond motifs is 3. The van der Waals surface area contributed by atoms with Gasteiger partial charge in [0, 0.05) is 17.5 Å². The highest BCUT2D eigenvalue weighted by Crippen LogP contribution is 2.35. The lowest BCUT2D eigenvalue weighted by Gasteiger charge is -2.23. The van der Waals surface area contributed by atoms with Crippen LogP contribution in [0, 0.1) is 0 Å². The van der Waals surface area contributed by atoms with Gasteiger partial charge in [-0.05, 0) is 12.1 Å². The van der Waals surface area contributed by atoms with Crippen LogP contribution in [-0.4, -0.2) is 28.4 Å². The molecule has 1 aliphatic rings. The van der Waals surface area contributed by atoms with Gasteiger partial charge in [-0.3, -0.25) is 4.79 Å². The molecule has 1 unspecified atom stereocenters. The van der Waals surface area contributed by atoms with Gasteiger partial charge < -0.3 is 26.5 Å². The van der Waals surface area contributed by atoms with Gasteiger partial charge in [-0.1, -0.05) is 18.2 Å². The van der Waals surface area contributed by atoms with Crippen molar-refractivity contribution in [2.75, 3.05) is 11.9 Å². The molecule has 6 nitrogen and oxygen atoms in total. The number of aliphatic hydroxyl groups is 1. The fraction of sp³-hybridized carbons (Fsp3) is 0.214. The van der Waals surface area contributed by atoms with Gasteiger partial charge in [0.15, 0.2) is 0 Å². The van der Waals surface area contributed by atoms with Crippen LogP contribution in [0.4, 0.5) is 5.82 Å². The van der Waals surface area contributed by atoms with Crippen LogP contribution in [0.5, 0.6) is 0 Å². The Morgan fingerprint density at radius 3 is 2.85 bits per heavy atom. The van der Waals surface area contributed by atoms with Crippen LogP contribution >= 0.6 is 0 Å². The Morgan fingerprint density at radius 2 is 2.15 bits per heavy atom. The van der Waals surface area contributed by atoms with E-state index in [9.17, 15) is 9.90 Å². The SMILES string of the molecule is NC(=O)C1=Cc2c(n(CCO)c3ccccc23)NC1N. The summed E-state index contributed by atoms with van der Waals surface area (Å²) in [5, 5.41) is 13.3. The topological polar surface area (TPSA) is 106 Å². The van der Waals surface area contributed by atoms with E-state index < -0.39 is 12.1 Å². The molecule has 3 rings (SSSR count). The van der Waals surface area contributed by atoms with Crippen molar-refractivity contribution in [2.45, 2.75) is 12.7 Å². The summed E-state index contributed by atoms with van der Waals surface area (Å²) in [5.41, 5.74) is 13.5. The van der Waals surface area contributed by atoms with Crippen molar-refractivity contribution in [3.8, 4) is 0 Å². The lowest BCUT2D eigenvalue weighted by molar-refractivity contribution is -0.114. The number of anilines is 1. The number of para-hydroxylation sites is 1. The molecule has 2 heterocycles. The molecule has 2 aromatic rings. The van der Waals surface area contributed by atoms with Gasteiger partial charge in [0.05, 0.1) is 17.7 Å². The van der Waals surface area contributed by atoms with Crippen molar-refractivity contribution < 1.29 is 9.90 Å². The molecule has 20 heavy (non-hydrogen) atoms.